The first kappa shape index (κ1) is 18.3. The van der Waals surface area contributed by atoms with E-state index in [4.69, 9.17) is 4.74 Å². The van der Waals surface area contributed by atoms with E-state index < -0.39 is 12.7 Å². The number of carbonyl (C=O) groups excluding carboxylic acids is 1. The molecule has 0 aliphatic carbocycles. The van der Waals surface area contributed by atoms with Crippen LogP contribution in [0, 0.1) is 11.8 Å². The largest absolute Gasteiger partial charge is 0.401 e. The van der Waals surface area contributed by atoms with Gasteiger partial charge in [-0.15, -0.1) is 0 Å². The number of piperidine rings is 1. The van der Waals surface area contributed by atoms with Gasteiger partial charge < -0.3 is 15.0 Å². The smallest absolute Gasteiger partial charge is 0.379 e. The van der Waals surface area contributed by atoms with Crippen molar-refractivity contribution in [2.45, 2.75) is 32.0 Å². The van der Waals surface area contributed by atoms with Crippen molar-refractivity contribution >= 4 is 6.03 Å². The van der Waals surface area contributed by atoms with E-state index in [1.165, 1.54) is 4.90 Å². The highest BCUT2D eigenvalue weighted by Crippen LogP contribution is 2.23. The van der Waals surface area contributed by atoms with Gasteiger partial charge in [0.15, 0.2) is 0 Å². The molecule has 0 radical (unpaired) electrons. The Balaban J connectivity index is 1.71. The van der Waals surface area contributed by atoms with Crippen molar-refractivity contribution in [3.63, 3.8) is 0 Å². The third-order valence-corrected chi connectivity index (χ3v) is 4.79. The van der Waals surface area contributed by atoms with Gasteiger partial charge in [-0.2, -0.15) is 13.2 Å². The lowest BCUT2D eigenvalue weighted by Gasteiger charge is -2.36. The van der Waals surface area contributed by atoms with Crippen LogP contribution in [0.5, 0.6) is 0 Å². The predicted molar refractivity (Wildman–Crippen MR) is 80.2 cm³/mol. The second-order valence-electron chi connectivity index (χ2n) is 6.68. The molecule has 2 aliphatic rings. The van der Waals surface area contributed by atoms with E-state index in [0.717, 1.165) is 6.42 Å². The number of urea groups is 1. The Hall–Kier alpha value is -1.02. The maximum Gasteiger partial charge on any atom is 0.401 e. The zero-order valence-electron chi connectivity index (χ0n) is 13.7. The highest BCUT2D eigenvalue weighted by Gasteiger charge is 2.34. The number of hydrogen-bond donors (Lipinski definition) is 1. The van der Waals surface area contributed by atoms with Gasteiger partial charge in [0.1, 0.15) is 0 Å². The summed E-state index contributed by atoms with van der Waals surface area (Å²) in [7, 11) is 1.65. The Bertz CT molecular complexity index is 406. The van der Waals surface area contributed by atoms with E-state index >= 15 is 0 Å². The van der Waals surface area contributed by atoms with Crippen LogP contribution < -0.4 is 5.32 Å². The lowest BCUT2D eigenvalue weighted by atomic mass is 9.96. The van der Waals surface area contributed by atoms with Gasteiger partial charge in [-0.3, -0.25) is 4.90 Å². The van der Waals surface area contributed by atoms with Crippen LogP contribution in [0.25, 0.3) is 0 Å². The van der Waals surface area contributed by atoms with Crippen LogP contribution in [0.4, 0.5) is 18.0 Å². The SMILES string of the molecule is CO[C@@H]1CN(C(=O)NC[C@@H]2CCN(CC(F)(F)F)C2)CC[C@H]1C. The van der Waals surface area contributed by atoms with Crippen molar-refractivity contribution < 1.29 is 22.7 Å². The van der Waals surface area contributed by atoms with Gasteiger partial charge in [-0.1, -0.05) is 6.92 Å². The molecule has 0 spiro atoms. The summed E-state index contributed by atoms with van der Waals surface area (Å²) in [5.74, 6) is 0.512. The van der Waals surface area contributed by atoms with Gasteiger partial charge in [0, 0.05) is 33.3 Å². The lowest BCUT2D eigenvalue weighted by molar-refractivity contribution is -0.143. The number of halogens is 3. The van der Waals surface area contributed by atoms with E-state index in [1.807, 2.05) is 0 Å². The number of rotatable bonds is 4. The van der Waals surface area contributed by atoms with E-state index in [-0.39, 0.29) is 18.1 Å². The van der Waals surface area contributed by atoms with Crippen molar-refractivity contribution in [3.8, 4) is 0 Å². The Morgan fingerprint density at radius 1 is 1.26 bits per heavy atom. The molecule has 2 saturated heterocycles. The van der Waals surface area contributed by atoms with Crippen LogP contribution in [-0.4, -0.2) is 74.5 Å². The Kier molecular flexibility index (Phi) is 6.13. The van der Waals surface area contributed by atoms with Gasteiger partial charge in [0.25, 0.3) is 0 Å². The molecule has 0 aromatic carbocycles. The molecular weight excluding hydrogens is 311 g/mol. The Morgan fingerprint density at radius 3 is 2.65 bits per heavy atom. The normalized spacial score (nSPS) is 29.8. The topological polar surface area (TPSA) is 44.8 Å². The molecule has 0 aromatic rings. The molecule has 2 fully saturated rings. The van der Waals surface area contributed by atoms with E-state index in [2.05, 4.69) is 12.2 Å². The van der Waals surface area contributed by atoms with Crippen LogP contribution in [0.3, 0.4) is 0 Å². The first-order valence-corrected chi connectivity index (χ1v) is 8.13. The standard InChI is InChI=1S/C15H26F3N3O2/c1-11-3-6-21(9-13(11)23-2)14(22)19-7-12-4-5-20(8-12)10-15(16,17)18/h11-13H,3-10H2,1-2H3,(H,19,22)/t11-,12+,13-/m1/s1. The van der Waals surface area contributed by atoms with Gasteiger partial charge in [-0.05, 0) is 31.2 Å². The zero-order valence-corrected chi connectivity index (χ0v) is 13.7. The van der Waals surface area contributed by atoms with Gasteiger partial charge >= 0.3 is 12.2 Å². The summed E-state index contributed by atoms with van der Waals surface area (Å²) >= 11 is 0. The van der Waals surface area contributed by atoms with Crippen LogP contribution >= 0.6 is 0 Å². The molecule has 3 atom stereocenters. The number of carbonyl (C=O) groups is 1. The fraction of sp³-hybridized carbons (Fsp3) is 0.933. The van der Waals surface area contributed by atoms with Crippen molar-refractivity contribution in [3.05, 3.63) is 0 Å². The Labute approximate surface area is 135 Å². The molecule has 0 unspecified atom stereocenters. The van der Waals surface area contributed by atoms with E-state index in [1.54, 1.807) is 12.0 Å². The van der Waals surface area contributed by atoms with Gasteiger partial charge in [0.2, 0.25) is 0 Å². The summed E-state index contributed by atoms with van der Waals surface area (Å²) < 4.78 is 42.5. The van der Waals surface area contributed by atoms with Crippen molar-refractivity contribution in [2.24, 2.45) is 11.8 Å². The number of nitrogens with zero attached hydrogens (tertiary/aromatic N) is 2. The molecule has 8 heteroatoms. The highest BCUT2D eigenvalue weighted by atomic mass is 19.4. The lowest BCUT2D eigenvalue weighted by Crippen LogP contribution is -2.51. The summed E-state index contributed by atoms with van der Waals surface area (Å²) in [5, 5.41) is 2.86. The average Bonchev–Trinajstić information content (AvgIpc) is 2.90. The van der Waals surface area contributed by atoms with Crippen molar-refractivity contribution in [1.29, 1.82) is 0 Å². The minimum absolute atomic E-state index is 0.0447. The van der Waals surface area contributed by atoms with Gasteiger partial charge in [-0.25, -0.2) is 4.79 Å². The molecule has 2 amide bonds. The maximum atomic E-state index is 12.4. The number of likely N-dealkylation sites (tertiary alicyclic amines) is 2. The van der Waals surface area contributed by atoms with Crippen LogP contribution in [0.15, 0.2) is 0 Å². The zero-order chi connectivity index (χ0) is 17.0. The van der Waals surface area contributed by atoms with Crippen LogP contribution in [0.2, 0.25) is 0 Å². The molecule has 2 heterocycles. The molecule has 134 valence electrons. The second kappa shape index (κ2) is 7.70. The molecule has 1 N–H and O–H groups in total. The fourth-order valence-electron chi connectivity index (χ4n) is 3.35. The minimum Gasteiger partial charge on any atom is -0.379 e. The van der Waals surface area contributed by atoms with Crippen LogP contribution in [0.1, 0.15) is 19.8 Å². The highest BCUT2D eigenvalue weighted by molar-refractivity contribution is 5.74. The minimum atomic E-state index is -4.15. The Morgan fingerprint density at radius 2 is 2.00 bits per heavy atom. The molecule has 23 heavy (non-hydrogen) atoms. The molecule has 2 aliphatic heterocycles. The number of nitrogens with one attached hydrogen (secondary N) is 1. The molecule has 0 saturated carbocycles. The van der Waals surface area contributed by atoms with E-state index in [9.17, 15) is 18.0 Å². The third kappa shape index (κ3) is 5.53. The summed E-state index contributed by atoms with van der Waals surface area (Å²) in [6, 6.07) is -0.145. The average molecular weight is 337 g/mol. The molecule has 2 rings (SSSR count). The van der Waals surface area contributed by atoms with Gasteiger partial charge in [0.05, 0.1) is 12.6 Å². The first-order valence-electron chi connectivity index (χ1n) is 8.13. The summed E-state index contributed by atoms with van der Waals surface area (Å²) in [4.78, 5) is 15.3. The third-order valence-electron chi connectivity index (χ3n) is 4.79. The number of alkyl halides is 3. The summed E-state index contributed by atoms with van der Waals surface area (Å²) in [5.41, 5.74) is 0. The maximum absolute atomic E-state index is 12.4. The summed E-state index contributed by atoms with van der Waals surface area (Å²) in [6.45, 7) is 3.75. The summed E-state index contributed by atoms with van der Waals surface area (Å²) in [6.07, 6.45) is -2.52. The fourth-order valence-corrected chi connectivity index (χ4v) is 3.35. The first-order chi connectivity index (χ1) is 10.8. The number of ether oxygens (including phenoxy) is 1. The van der Waals surface area contributed by atoms with Crippen LogP contribution in [-0.2, 0) is 4.74 Å². The van der Waals surface area contributed by atoms with E-state index in [0.29, 0.717) is 45.1 Å². The monoisotopic (exact) mass is 337 g/mol. The number of methoxy groups -OCH3 is 1. The van der Waals surface area contributed by atoms with Crippen molar-refractivity contribution in [2.75, 3.05) is 46.4 Å². The molecular formula is C15H26F3N3O2. The molecule has 0 aromatic heterocycles. The van der Waals surface area contributed by atoms with Crippen molar-refractivity contribution in [1.82, 2.24) is 15.1 Å². The molecule has 0 bridgehead atoms. The second-order valence-corrected chi connectivity index (χ2v) is 6.68. The quantitative estimate of drug-likeness (QED) is 0.853. The number of hydrogen-bond acceptors (Lipinski definition) is 3. The molecule has 5 nitrogen and oxygen atoms in total. The number of amides is 2. The predicted octanol–water partition coefficient (Wildman–Crippen LogP) is 1.94.